The van der Waals surface area contributed by atoms with Gasteiger partial charge in [0.2, 0.25) is 0 Å². The van der Waals surface area contributed by atoms with Crippen molar-refractivity contribution >= 4 is 28.9 Å². The second kappa shape index (κ2) is 8.15. The van der Waals surface area contributed by atoms with Crippen molar-refractivity contribution in [1.82, 2.24) is 5.32 Å². The van der Waals surface area contributed by atoms with E-state index in [0.29, 0.717) is 29.9 Å². The maximum atomic E-state index is 12.9. The van der Waals surface area contributed by atoms with Gasteiger partial charge in [-0.2, -0.15) is 13.2 Å². The van der Waals surface area contributed by atoms with E-state index in [-0.39, 0.29) is 10.9 Å². The van der Waals surface area contributed by atoms with Gasteiger partial charge in [0.1, 0.15) is 0 Å². The molecule has 1 amide bonds. The van der Waals surface area contributed by atoms with Crippen molar-refractivity contribution < 1.29 is 22.7 Å². The van der Waals surface area contributed by atoms with Crippen molar-refractivity contribution in [3.8, 4) is 11.5 Å². The standard InChI is InChI=1S/C23H18ClF3N2O2/c1-28-22(30)15-6-8-18-21(12-15)31-20-9-5-14(11-19(20)29-18)3-2-13-4-7-16(17(24)10-13)23(25,26)27/h4-12,29H,2-3H2,1H3,(H,28,30). The SMILES string of the molecule is CNC(=O)c1ccc2c(c1)Oc1ccc(CCc3ccc(C(F)(F)F)c(Cl)c3)cc1N2. The van der Waals surface area contributed by atoms with E-state index in [9.17, 15) is 18.0 Å². The number of amides is 1. The van der Waals surface area contributed by atoms with Gasteiger partial charge < -0.3 is 15.4 Å². The first-order valence-corrected chi connectivity index (χ1v) is 9.92. The molecule has 0 unspecified atom stereocenters. The number of halogens is 4. The Labute approximate surface area is 182 Å². The van der Waals surface area contributed by atoms with Gasteiger partial charge in [0.05, 0.1) is 22.0 Å². The first-order valence-electron chi connectivity index (χ1n) is 9.54. The number of fused-ring (bicyclic) bond motifs is 2. The van der Waals surface area contributed by atoms with Gasteiger partial charge in [-0.25, -0.2) is 0 Å². The Kier molecular flexibility index (Phi) is 5.54. The molecule has 0 radical (unpaired) electrons. The number of ether oxygens (including phenoxy) is 1. The molecule has 0 aromatic heterocycles. The lowest BCUT2D eigenvalue weighted by Gasteiger charge is -2.23. The maximum Gasteiger partial charge on any atom is 0.417 e. The summed E-state index contributed by atoms with van der Waals surface area (Å²) in [5.41, 5.74) is 2.92. The van der Waals surface area contributed by atoms with Crippen LogP contribution >= 0.6 is 11.6 Å². The zero-order valence-corrected chi connectivity index (χ0v) is 17.2. The summed E-state index contributed by atoms with van der Waals surface area (Å²) in [6.45, 7) is 0. The van der Waals surface area contributed by atoms with Crippen LogP contribution in [0.15, 0.2) is 54.6 Å². The van der Waals surface area contributed by atoms with Gasteiger partial charge in [-0.15, -0.1) is 0 Å². The van der Waals surface area contributed by atoms with Crippen LogP contribution in [0.2, 0.25) is 5.02 Å². The van der Waals surface area contributed by atoms with Crippen LogP contribution in [0, 0.1) is 0 Å². The Balaban J connectivity index is 1.47. The molecule has 0 spiro atoms. The summed E-state index contributed by atoms with van der Waals surface area (Å²) in [6, 6.07) is 14.7. The van der Waals surface area contributed by atoms with E-state index < -0.39 is 11.7 Å². The summed E-state index contributed by atoms with van der Waals surface area (Å²) in [4.78, 5) is 11.8. The molecule has 3 aromatic carbocycles. The van der Waals surface area contributed by atoms with Gasteiger partial charge in [-0.3, -0.25) is 4.79 Å². The Morgan fingerprint density at radius 3 is 2.35 bits per heavy atom. The van der Waals surface area contributed by atoms with Crippen LogP contribution in [0.3, 0.4) is 0 Å². The Morgan fingerprint density at radius 2 is 1.68 bits per heavy atom. The predicted octanol–water partition coefficient (Wildman–Crippen LogP) is 6.35. The van der Waals surface area contributed by atoms with E-state index in [0.717, 1.165) is 28.6 Å². The summed E-state index contributed by atoms with van der Waals surface area (Å²) >= 11 is 5.81. The third-order valence-corrected chi connectivity index (χ3v) is 5.36. The number of nitrogens with one attached hydrogen (secondary N) is 2. The van der Waals surface area contributed by atoms with Gasteiger partial charge in [-0.1, -0.05) is 23.7 Å². The lowest BCUT2D eigenvalue weighted by atomic mass is 10.0. The Bertz CT molecular complexity index is 1160. The van der Waals surface area contributed by atoms with E-state index in [2.05, 4.69) is 10.6 Å². The molecule has 1 aliphatic heterocycles. The number of rotatable bonds is 4. The second-order valence-electron chi connectivity index (χ2n) is 7.16. The van der Waals surface area contributed by atoms with Crippen molar-refractivity contribution in [2.24, 2.45) is 0 Å². The van der Waals surface area contributed by atoms with Crippen LogP contribution in [0.1, 0.15) is 27.0 Å². The second-order valence-corrected chi connectivity index (χ2v) is 7.57. The molecule has 8 heteroatoms. The molecule has 0 saturated heterocycles. The maximum absolute atomic E-state index is 12.9. The normalized spacial score (nSPS) is 12.3. The van der Waals surface area contributed by atoms with E-state index in [1.165, 1.54) is 12.1 Å². The van der Waals surface area contributed by atoms with Gasteiger partial charge in [-0.05, 0) is 66.4 Å². The van der Waals surface area contributed by atoms with E-state index in [1.54, 1.807) is 25.2 Å². The number of hydrogen-bond donors (Lipinski definition) is 2. The molecule has 0 saturated carbocycles. The minimum absolute atomic E-state index is 0.198. The van der Waals surface area contributed by atoms with Crippen molar-refractivity contribution in [2.45, 2.75) is 19.0 Å². The van der Waals surface area contributed by atoms with Crippen LogP contribution in [0.4, 0.5) is 24.5 Å². The summed E-state index contributed by atoms with van der Waals surface area (Å²) in [5, 5.41) is 5.58. The minimum Gasteiger partial charge on any atom is -0.453 e. The quantitative estimate of drug-likeness (QED) is 0.384. The molecule has 2 N–H and O–H groups in total. The summed E-state index contributed by atoms with van der Waals surface area (Å²) in [6.07, 6.45) is -3.29. The average Bonchev–Trinajstić information content (AvgIpc) is 2.74. The number of benzene rings is 3. The van der Waals surface area contributed by atoms with Crippen LogP contribution in [-0.2, 0) is 19.0 Å². The number of hydrogen-bond acceptors (Lipinski definition) is 3. The molecule has 0 bridgehead atoms. The van der Waals surface area contributed by atoms with E-state index in [4.69, 9.17) is 16.3 Å². The molecule has 1 aliphatic rings. The summed E-state index contributed by atoms with van der Waals surface area (Å²) < 4.78 is 44.5. The Morgan fingerprint density at radius 1 is 0.968 bits per heavy atom. The molecule has 0 aliphatic carbocycles. The van der Waals surface area contributed by atoms with Gasteiger partial charge in [0.15, 0.2) is 11.5 Å². The molecule has 0 atom stereocenters. The fourth-order valence-electron chi connectivity index (χ4n) is 3.41. The van der Waals surface area contributed by atoms with E-state index >= 15 is 0 Å². The lowest BCUT2D eigenvalue weighted by molar-refractivity contribution is -0.137. The first kappa shape index (κ1) is 21.1. The number of alkyl halides is 3. The van der Waals surface area contributed by atoms with Crippen molar-refractivity contribution in [3.05, 3.63) is 81.9 Å². The topological polar surface area (TPSA) is 50.4 Å². The molecule has 31 heavy (non-hydrogen) atoms. The number of aryl methyl sites for hydroxylation is 2. The summed E-state index contributed by atoms with van der Waals surface area (Å²) in [5.74, 6) is 0.986. The molecule has 1 heterocycles. The lowest BCUT2D eigenvalue weighted by Crippen LogP contribution is -2.18. The van der Waals surface area contributed by atoms with Crippen molar-refractivity contribution in [1.29, 1.82) is 0 Å². The average molecular weight is 447 g/mol. The first-order chi connectivity index (χ1) is 14.7. The fraction of sp³-hybridized carbons (Fsp3) is 0.174. The number of carbonyl (C=O) groups excluding carboxylic acids is 1. The van der Waals surface area contributed by atoms with Crippen LogP contribution in [0.25, 0.3) is 0 Å². The largest absolute Gasteiger partial charge is 0.453 e. The van der Waals surface area contributed by atoms with Gasteiger partial charge >= 0.3 is 6.18 Å². The van der Waals surface area contributed by atoms with Gasteiger partial charge in [0.25, 0.3) is 5.91 Å². The highest BCUT2D eigenvalue weighted by atomic mass is 35.5. The molecule has 4 nitrogen and oxygen atoms in total. The zero-order valence-electron chi connectivity index (χ0n) is 16.4. The third-order valence-electron chi connectivity index (χ3n) is 5.05. The highest BCUT2D eigenvalue weighted by Crippen LogP contribution is 2.42. The van der Waals surface area contributed by atoms with Crippen LogP contribution in [0.5, 0.6) is 11.5 Å². The van der Waals surface area contributed by atoms with Crippen molar-refractivity contribution in [2.75, 3.05) is 12.4 Å². The summed E-state index contributed by atoms with van der Waals surface area (Å²) in [7, 11) is 1.57. The molecule has 0 fully saturated rings. The smallest absolute Gasteiger partial charge is 0.417 e. The Hall–Kier alpha value is -3.19. The number of carbonyl (C=O) groups is 1. The van der Waals surface area contributed by atoms with Gasteiger partial charge in [0, 0.05) is 12.6 Å². The molecular formula is C23H18ClF3N2O2. The minimum atomic E-state index is -4.46. The molecule has 160 valence electrons. The highest BCUT2D eigenvalue weighted by Gasteiger charge is 2.33. The zero-order chi connectivity index (χ0) is 22.2. The van der Waals surface area contributed by atoms with Crippen LogP contribution < -0.4 is 15.4 Å². The molecule has 4 rings (SSSR count). The van der Waals surface area contributed by atoms with E-state index in [1.807, 2.05) is 18.2 Å². The fourth-order valence-corrected chi connectivity index (χ4v) is 3.72. The van der Waals surface area contributed by atoms with Crippen molar-refractivity contribution in [3.63, 3.8) is 0 Å². The monoisotopic (exact) mass is 446 g/mol. The molecular weight excluding hydrogens is 429 g/mol. The number of anilines is 2. The predicted molar refractivity (Wildman–Crippen MR) is 113 cm³/mol. The third kappa shape index (κ3) is 4.46. The highest BCUT2D eigenvalue weighted by molar-refractivity contribution is 6.31. The van der Waals surface area contributed by atoms with Crippen LogP contribution in [-0.4, -0.2) is 13.0 Å². The molecule has 3 aromatic rings.